The molecule has 1 heterocycles. The molecule has 1 aliphatic heterocycles. The average Bonchev–Trinajstić information content (AvgIpc) is 2.54. The molecule has 1 aromatic rings. The molecule has 4 nitrogen and oxygen atoms in total. The fourth-order valence-electron chi connectivity index (χ4n) is 2.29. The molecule has 0 N–H and O–H groups in total. The first kappa shape index (κ1) is 15.9. The van der Waals surface area contributed by atoms with Crippen molar-refractivity contribution in [3.8, 4) is 0 Å². The van der Waals surface area contributed by atoms with Gasteiger partial charge in [-0.3, -0.25) is 9.59 Å². The first-order chi connectivity index (χ1) is 10.6. The van der Waals surface area contributed by atoms with Crippen molar-refractivity contribution in [1.82, 2.24) is 9.80 Å². The number of benzene rings is 1. The summed E-state index contributed by atoms with van der Waals surface area (Å²) in [6.45, 7) is 3.77. The molecule has 0 spiro atoms. The lowest BCUT2D eigenvalue weighted by Gasteiger charge is -2.34. The topological polar surface area (TPSA) is 40.6 Å². The minimum absolute atomic E-state index is 0.0593. The highest BCUT2D eigenvalue weighted by atomic mass is 19.1. The minimum atomic E-state index is -0.422. The molecule has 0 saturated carbocycles. The van der Waals surface area contributed by atoms with Gasteiger partial charge in [0, 0.05) is 37.8 Å². The lowest BCUT2D eigenvalue weighted by molar-refractivity contribution is -0.127. The number of halogens is 1. The van der Waals surface area contributed by atoms with Crippen molar-refractivity contribution < 1.29 is 14.0 Å². The zero-order chi connectivity index (χ0) is 15.9. The van der Waals surface area contributed by atoms with Crippen molar-refractivity contribution in [3.05, 3.63) is 60.0 Å². The summed E-state index contributed by atoms with van der Waals surface area (Å²) in [4.78, 5) is 27.5. The van der Waals surface area contributed by atoms with Crippen LogP contribution in [0.5, 0.6) is 0 Å². The van der Waals surface area contributed by atoms with Gasteiger partial charge in [0.2, 0.25) is 5.91 Å². The SMILES string of the molecule is CC=CC=CC(=O)N1CCN(C(=O)c2cccc(F)c2)CC1. The number of amides is 2. The molecule has 1 saturated heterocycles. The van der Waals surface area contributed by atoms with Gasteiger partial charge in [0.25, 0.3) is 5.91 Å². The number of piperazine rings is 1. The molecule has 2 amide bonds. The zero-order valence-corrected chi connectivity index (χ0v) is 12.5. The summed E-state index contributed by atoms with van der Waals surface area (Å²) in [6.07, 6.45) is 6.86. The fraction of sp³-hybridized carbons (Fsp3) is 0.294. The van der Waals surface area contributed by atoms with Crippen LogP contribution < -0.4 is 0 Å². The van der Waals surface area contributed by atoms with Crippen molar-refractivity contribution in [2.75, 3.05) is 26.2 Å². The number of hydrogen-bond donors (Lipinski definition) is 0. The Morgan fingerprint density at radius 3 is 2.41 bits per heavy atom. The molecule has 0 atom stereocenters. The molecule has 1 fully saturated rings. The molecule has 0 radical (unpaired) electrons. The number of nitrogens with zero attached hydrogens (tertiary/aromatic N) is 2. The molecule has 1 aliphatic rings. The van der Waals surface area contributed by atoms with E-state index in [9.17, 15) is 14.0 Å². The van der Waals surface area contributed by atoms with Gasteiger partial charge in [-0.1, -0.05) is 24.3 Å². The maximum absolute atomic E-state index is 13.2. The maximum Gasteiger partial charge on any atom is 0.254 e. The summed E-state index contributed by atoms with van der Waals surface area (Å²) in [5, 5.41) is 0. The summed E-state index contributed by atoms with van der Waals surface area (Å²) in [6, 6.07) is 5.67. The second-order valence-electron chi connectivity index (χ2n) is 5.01. The van der Waals surface area contributed by atoms with Gasteiger partial charge in [0.05, 0.1) is 0 Å². The highest BCUT2D eigenvalue weighted by molar-refractivity contribution is 5.94. The first-order valence-electron chi connectivity index (χ1n) is 7.25. The summed E-state index contributed by atoms with van der Waals surface area (Å²) >= 11 is 0. The Labute approximate surface area is 129 Å². The molecule has 5 heteroatoms. The first-order valence-corrected chi connectivity index (χ1v) is 7.25. The smallest absolute Gasteiger partial charge is 0.254 e. The Kier molecular flexibility index (Phi) is 5.47. The van der Waals surface area contributed by atoms with Crippen LogP contribution >= 0.6 is 0 Å². The summed E-state index contributed by atoms with van der Waals surface area (Å²) in [5.41, 5.74) is 0.341. The van der Waals surface area contributed by atoms with E-state index < -0.39 is 5.82 Å². The van der Waals surface area contributed by atoms with E-state index in [1.54, 1.807) is 28.0 Å². The Hall–Kier alpha value is -2.43. The van der Waals surface area contributed by atoms with Crippen LogP contribution in [0.3, 0.4) is 0 Å². The van der Waals surface area contributed by atoms with Crippen LogP contribution in [0, 0.1) is 5.82 Å². The van der Waals surface area contributed by atoms with Gasteiger partial charge in [0.15, 0.2) is 0 Å². The highest BCUT2D eigenvalue weighted by Gasteiger charge is 2.23. The highest BCUT2D eigenvalue weighted by Crippen LogP contribution is 2.10. The third kappa shape index (κ3) is 4.04. The second-order valence-corrected chi connectivity index (χ2v) is 5.01. The Morgan fingerprint density at radius 1 is 1.09 bits per heavy atom. The van der Waals surface area contributed by atoms with E-state index in [0.717, 1.165) is 0 Å². The lowest BCUT2D eigenvalue weighted by Crippen LogP contribution is -2.50. The molecular formula is C17H19FN2O2. The van der Waals surface area contributed by atoms with Crippen molar-refractivity contribution in [1.29, 1.82) is 0 Å². The molecule has 116 valence electrons. The van der Waals surface area contributed by atoms with E-state index in [1.807, 2.05) is 13.0 Å². The van der Waals surface area contributed by atoms with Crippen LogP contribution in [-0.2, 0) is 4.79 Å². The third-order valence-corrected chi connectivity index (χ3v) is 3.49. The number of hydrogen-bond acceptors (Lipinski definition) is 2. The minimum Gasteiger partial charge on any atom is -0.336 e. The van der Waals surface area contributed by atoms with Crippen LogP contribution in [0.2, 0.25) is 0 Å². The van der Waals surface area contributed by atoms with Gasteiger partial charge >= 0.3 is 0 Å². The molecule has 0 aromatic heterocycles. The number of allylic oxidation sites excluding steroid dienone is 3. The van der Waals surface area contributed by atoms with Gasteiger partial charge in [-0.25, -0.2) is 4.39 Å². The van der Waals surface area contributed by atoms with E-state index in [2.05, 4.69) is 0 Å². The van der Waals surface area contributed by atoms with Crippen molar-refractivity contribution in [2.24, 2.45) is 0 Å². The molecular weight excluding hydrogens is 283 g/mol. The maximum atomic E-state index is 13.2. The third-order valence-electron chi connectivity index (χ3n) is 3.49. The normalized spacial score (nSPS) is 15.7. The molecule has 0 aliphatic carbocycles. The van der Waals surface area contributed by atoms with Crippen molar-refractivity contribution in [2.45, 2.75) is 6.92 Å². The van der Waals surface area contributed by atoms with Crippen molar-refractivity contribution >= 4 is 11.8 Å². The van der Waals surface area contributed by atoms with Crippen LogP contribution in [0.25, 0.3) is 0 Å². The quantitative estimate of drug-likeness (QED) is 0.634. The molecule has 0 bridgehead atoms. The number of carbonyl (C=O) groups excluding carboxylic acids is 2. The lowest BCUT2D eigenvalue weighted by atomic mass is 10.1. The predicted molar refractivity (Wildman–Crippen MR) is 82.8 cm³/mol. The van der Waals surface area contributed by atoms with Gasteiger partial charge < -0.3 is 9.80 Å². The van der Waals surface area contributed by atoms with Crippen LogP contribution in [0.15, 0.2) is 48.6 Å². The Bertz CT molecular complexity index is 602. The number of rotatable bonds is 3. The predicted octanol–water partition coefficient (Wildman–Crippen LogP) is 2.24. The van der Waals surface area contributed by atoms with Crippen LogP contribution in [0.4, 0.5) is 4.39 Å². The van der Waals surface area contributed by atoms with Gasteiger partial charge in [-0.05, 0) is 25.1 Å². The Balaban J connectivity index is 1.92. The largest absolute Gasteiger partial charge is 0.336 e. The zero-order valence-electron chi connectivity index (χ0n) is 12.5. The summed E-state index contributed by atoms with van der Waals surface area (Å²) in [5.74, 6) is -0.680. The van der Waals surface area contributed by atoms with Gasteiger partial charge in [0.1, 0.15) is 5.82 Å². The second kappa shape index (κ2) is 7.54. The van der Waals surface area contributed by atoms with Crippen molar-refractivity contribution in [3.63, 3.8) is 0 Å². The molecule has 0 unspecified atom stereocenters. The number of carbonyl (C=O) groups is 2. The van der Waals surface area contributed by atoms with Crippen LogP contribution in [-0.4, -0.2) is 47.8 Å². The fourth-order valence-corrected chi connectivity index (χ4v) is 2.29. The molecule has 1 aromatic carbocycles. The summed E-state index contributed by atoms with van der Waals surface area (Å²) < 4.78 is 13.2. The average molecular weight is 302 g/mol. The van der Waals surface area contributed by atoms with E-state index in [0.29, 0.717) is 31.7 Å². The monoisotopic (exact) mass is 302 g/mol. The Morgan fingerprint density at radius 2 is 1.77 bits per heavy atom. The van der Waals surface area contributed by atoms with Gasteiger partial charge in [-0.15, -0.1) is 0 Å². The van der Waals surface area contributed by atoms with E-state index in [4.69, 9.17) is 0 Å². The van der Waals surface area contributed by atoms with Crippen LogP contribution in [0.1, 0.15) is 17.3 Å². The van der Waals surface area contributed by atoms with Gasteiger partial charge in [-0.2, -0.15) is 0 Å². The molecule has 22 heavy (non-hydrogen) atoms. The van der Waals surface area contributed by atoms with E-state index in [1.165, 1.54) is 24.3 Å². The standard InChI is InChI=1S/C17H19FN2O2/c1-2-3-4-8-16(21)19-9-11-20(12-10-19)17(22)14-6-5-7-15(18)13-14/h2-8,13H,9-12H2,1H3. The van der Waals surface area contributed by atoms with E-state index >= 15 is 0 Å². The summed E-state index contributed by atoms with van der Waals surface area (Å²) in [7, 11) is 0. The van der Waals surface area contributed by atoms with E-state index in [-0.39, 0.29) is 11.8 Å². The molecule has 2 rings (SSSR count).